The van der Waals surface area contributed by atoms with Crippen LogP contribution >= 0.6 is 11.6 Å². The Morgan fingerprint density at radius 3 is 2.58 bits per heavy atom. The summed E-state index contributed by atoms with van der Waals surface area (Å²) in [6.07, 6.45) is 3.58. The van der Waals surface area contributed by atoms with E-state index in [4.69, 9.17) is 11.6 Å². The van der Waals surface area contributed by atoms with Crippen molar-refractivity contribution < 1.29 is 9.90 Å². The van der Waals surface area contributed by atoms with Gasteiger partial charge in [-0.1, -0.05) is 54.4 Å². The number of hydrogen-bond donors (Lipinski definition) is 2. The molecule has 1 fully saturated rings. The van der Waals surface area contributed by atoms with Crippen LogP contribution in [-0.2, 0) is 13.1 Å². The van der Waals surface area contributed by atoms with Crippen LogP contribution in [-0.4, -0.2) is 21.7 Å². The molecular formula is C21H21ClN2O2. The standard InChI is InChI=1S/C21H21ClN2O2/c22-18-10-3-1-6-14(18)13-24-19-11-4-2-9-16(19)17(20(24)21(25)26)12-23-15-7-5-8-15/h1-4,6,9-11,15,23H,5,7-8,12-13H2,(H,25,26). The van der Waals surface area contributed by atoms with E-state index in [-0.39, 0.29) is 0 Å². The predicted octanol–water partition coefficient (Wildman–Crippen LogP) is 4.68. The lowest BCUT2D eigenvalue weighted by Crippen LogP contribution is -2.34. The summed E-state index contributed by atoms with van der Waals surface area (Å²) in [4.78, 5) is 12.1. The van der Waals surface area contributed by atoms with E-state index < -0.39 is 5.97 Å². The van der Waals surface area contributed by atoms with Crippen molar-refractivity contribution in [3.63, 3.8) is 0 Å². The van der Waals surface area contributed by atoms with E-state index in [1.165, 1.54) is 19.3 Å². The number of aromatic carboxylic acids is 1. The average Bonchev–Trinajstić information content (AvgIpc) is 2.90. The van der Waals surface area contributed by atoms with Gasteiger partial charge < -0.3 is 15.0 Å². The smallest absolute Gasteiger partial charge is 0.352 e. The summed E-state index contributed by atoms with van der Waals surface area (Å²) in [6.45, 7) is 1.01. The number of carboxylic acid groups (broad SMARTS) is 1. The SMILES string of the molecule is O=C(O)c1c(CNC2CCC2)c2ccccc2n1Cc1ccccc1Cl. The summed E-state index contributed by atoms with van der Waals surface area (Å²) in [6, 6.07) is 16.0. The van der Waals surface area contributed by atoms with Crippen molar-refractivity contribution in [1.82, 2.24) is 9.88 Å². The van der Waals surface area contributed by atoms with Crippen LogP contribution in [0.25, 0.3) is 10.9 Å². The number of nitrogens with one attached hydrogen (secondary N) is 1. The minimum Gasteiger partial charge on any atom is -0.477 e. The van der Waals surface area contributed by atoms with Gasteiger partial charge in [0.2, 0.25) is 0 Å². The zero-order chi connectivity index (χ0) is 18.1. The van der Waals surface area contributed by atoms with E-state index in [9.17, 15) is 9.90 Å². The summed E-state index contributed by atoms with van der Waals surface area (Å²) in [5.41, 5.74) is 3.04. The molecule has 0 radical (unpaired) electrons. The van der Waals surface area contributed by atoms with Gasteiger partial charge in [0.15, 0.2) is 0 Å². The zero-order valence-corrected chi connectivity index (χ0v) is 15.2. The molecule has 0 amide bonds. The fourth-order valence-electron chi connectivity index (χ4n) is 3.62. The van der Waals surface area contributed by atoms with Crippen molar-refractivity contribution in [3.05, 3.63) is 70.4 Å². The highest BCUT2D eigenvalue weighted by atomic mass is 35.5. The maximum atomic E-state index is 12.1. The molecule has 1 saturated carbocycles. The Morgan fingerprint density at radius 1 is 1.15 bits per heavy atom. The third-order valence-corrected chi connectivity index (χ3v) is 5.61. The van der Waals surface area contributed by atoms with Gasteiger partial charge in [-0.2, -0.15) is 0 Å². The number of nitrogens with zero attached hydrogens (tertiary/aromatic N) is 1. The zero-order valence-electron chi connectivity index (χ0n) is 14.4. The van der Waals surface area contributed by atoms with Gasteiger partial charge in [0.1, 0.15) is 5.69 Å². The summed E-state index contributed by atoms with van der Waals surface area (Å²) in [5.74, 6) is -0.904. The Kier molecular flexibility index (Phi) is 4.70. The van der Waals surface area contributed by atoms with E-state index in [1.54, 1.807) is 0 Å². The summed E-state index contributed by atoms with van der Waals surface area (Å²) in [5, 5.41) is 15.1. The molecular weight excluding hydrogens is 348 g/mol. The first-order valence-corrected chi connectivity index (χ1v) is 9.33. The molecule has 26 heavy (non-hydrogen) atoms. The van der Waals surface area contributed by atoms with Gasteiger partial charge in [-0.15, -0.1) is 0 Å². The highest BCUT2D eigenvalue weighted by Crippen LogP contribution is 2.29. The molecule has 0 atom stereocenters. The number of hydrogen-bond acceptors (Lipinski definition) is 2. The molecule has 0 saturated heterocycles. The molecule has 4 rings (SSSR count). The quantitative estimate of drug-likeness (QED) is 0.664. The van der Waals surface area contributed by atoms with E-state index in [1.807, 2.05) is 53.1 Å². The lowest BCUT2D eigenvalue weighted by molar-refractivity contribution is 0.0684. The van der Waals surface area contributed by atoms with Crippen molar-refractivity contribution in [3.8, 4) is 0 Å². The van der Waals surface area contributed by atoms with Crippen LogP contribution in [0.1, 0.15) is 40.9 Å². The predicted molar refractivity (Wildman–Crippen MR) is 104 cm³/mol. The fraction of sp³-hybridized carbons (Fsp3) is 0.286. The van der Waals surface area contributed by atoms with Gasteiger partial charge in [0, 0.05) is 40.6 Å². The molecule has 1 aromatic heterocycles. The molecule has 1 heterocycles. The summed E-state index contributed by atoms with van der Waals surface area (Å²) in [7, 11) is 0. The van der Waals surface area contributed by atoms with Crippen LogP contribution in [0.3, 0.4) is 0 Å². The molecule has 4 nitrogen and oxygen atoms in total. The molecule has 1 aliphatic carbocycles. The van der Waals surface area contributed by atoms with Crippen LogP contribution in [0.2, 0.25) is 5.02 Å². The number of aromatic nitrogens is 1. The Bertz CT molecular complexity index is 960. The molecule has 3 aromatic rings. The monoisotopic (exact) mass is 368 g/mol. The number of para-hydroxylation sites is 1. The maximum absolute atomic E-state index is 12.1. The molecule has 0 unspecified atom stereocenters. The van der Waals surface area contributed by atoms with Crippen LogP contribution in [0.5, 0.6) is 0 Å². The summed E-state index contributed by atoms with van der Waals surface area (Å²) < 4.78 is 1.87. The van der Waals surface area contributed by atoms with Gasteiger partial charge in [-0.3, -0.25) is 0 Å². The van der Waals surface area contributed by atoms with Gasteiger partial charge in [-0.05, 0) is 30.5 Å². The second kappa shape index (κ2) is 7.14. The number of fused-ring (bicyclic) bond motifs is 1. The topological polar surface area (TPSA) is 54.3 Å². The fourth-order valence-corrected chi connectivity index (χ4v) is 3.81. The lowest BCUT2D eigenvalue weighted by Gasteiger charge is -2.26. The van der Waals surface area contributed by atoms with Gasteiger partial charge >= 0.3 is 5.97 Å². The largest absolute Gasteiger partial charge is 0.477 e. The van der Waals surface area contributed by atoms with Crippen LogP contribution in [0, 0.1) is 0 Å². The average molecular weight is 369 g/mol. The minimum absolute atomic E-state index is 0.345. The second-order valence-corrected chi connectivity index (χ2v) is 7.24. The number of rotatable bonds is 6. The number of carboxylic acids is 1. The van der Waals surface area contributed by atoms with Gasteiger partial charge in [0.25, 0.3) is 0 Å². The second-order valence-electron chi connectivity index (χ2n) is 6.84. The van der Waals surface area contributed by atoms with Crippen molar-refractivity contribution in [2.45, 2.75) is 38.4 Å². The Morgan fingerprint density at radius 2 is 1.88 bits per heavy atom. The first kappa shape index (κ1) is 17.1. The normalized spacial score (nSPS) is 14.5. The van der Waals surface area contributed by atoms with E-state index in [0.29, 0.717) is 29.8 Å². The van der Waals surface area contributed by atoms with Crippen molar-refractivity contribution in [2.75, 3.05) is 0 Å². The number of benzene rings is 2. The molecule has 0 spiro atoms. The van der Waals surface area contributed by atoms with Crippen molar-refractivity contribution in [1.29, 1.82) is 0 Å². The first-order valence-electron chi connectivity index (χ1n) is 8.95. The van der Waals surface area contributed by atoms with Crippen LogP contribution < -0.4 is 5.32 Å². The van der Waals surface area contributed by atoms with E-state index in [0.717, 1.165) is 22.0 Å². The molecule has 2 N–H and O–H groups in total. The number of carbonyl (C=O) groups is 1. The van der Waals surface area contributed by atoms with E-state index in [2.05, 4.69) is 5.32 Å². The number of halogens is 1. The lowest BCUT2D eigenvalue weighted by atomic mass is 9.93. The Balaban J connectivity index is 1.81. The molecule has 5 heteroatoms. The molecule has 0 bridgehead atoms. The van der Waals surface area contributed by atoms with Crippen molar-refractivity contribution >= 4 is 28.5 Å². The highest BCUT2D eigenvalue weighted by molar-refractivity contribution is 6.31. The third-order valence-electron chi connectivity index (χ3n) is 5.24. The third kappa shape index (κ3) is 3.11. The molecule has 0 aliphatic heterocycles. The molecule has 1 aliphatic rings. The first-order chi connectivity index (χ1) is 12.6. The van der Waals surface area contributed by atoms with E-state index >= 15 is 0 Å². The highest BCUT2D eigenvalue weighted by Gasteiger charge is 2.24. The van der Waals surface area contributed by atoms with Crippen LogP contribution in [0.4, 0.5) is 0 Å². The maximum Gasteiger partial charge on any atom is 0.352 e. The van der Waals surface area contributed by atoms with Gasteiger partial charge in [-0.25, -0.2) is 4.79 Å². The molecule has 134 valence electrons. The Hall–Kier alpha value is -2.30. The van der Waals surface area contributed by atoms with Crippen LogP contribution in [0.15, 0.2) is 48.5 Å². The summed E-state index contributed by atoms with van der Waals surface area (Å²) >= 11 is 6.32. The minimum atomic E-state index is -0.904. The van der Waals surface area contributed by atoms with Gasteiger partial charge in [0.05, 0.1) is 0 Å². The Labute approximate surface area is 157 Å². The van der Waals surface area contributed by atoms with Crippen molar-refractivity contribution in [2.24, 2.45) is 0 Å². The molecule has 2 aromatic carbocycles.